The van der Waals surface area contributed by atoms with Crippen LogP contribution in [0.3, 0.4) is 0 Å². The zero-order chi connectivity index (χ0) is 16.6. The number of carbonyl (C=O) groups excluding carboxylic acids is 1. The number of amides is 1. The highest BCUT2D eigenvalue weighted by Crippen LogP contribution is 2.49. The van der Waals surface area contributed by atoms with Gasteiger partial charge in [0.25, 0.3) is 0 Å². The summed E-state index contributed by atoms with van der Waals surface area (Å²) < 4.78 is 1.78. The summed E-state index contributed by atoms with van der Waals surface area (Å²) in [5.41, 5.74) is 2.81. The standard InChI is InChI=1S/C19H21N3O/c1-5-14-7-6-8-16(9-14)22(13(2)3)19(23)18-10-17(18)15-11-20-21(4)12-15/h1,6-9,11-13,17-18H,10H2,2-4H3/t17-,18-/m0/s1. The molecule has 4 nitrogen and oxygen atoms in total. The van der Waals surface area contributed by atoms with Gasteiger partial charge in [-0.15, -0.1) is 6.42 Å². The van der Waals surface area contributed by atoms with Crippen molar-refractivity contribution in [2.75, 3.05) is 4.90 Å². The number of hydrogen-bond donors (Lipinski definition) is 0. The maximum Gasteiger partial charge on any atom is 0.230 e. The number of rotatable bonds is 4. The zero-order valence-electron chi connectivity index (χ0n) is 13.7. The quantitative estimate of drug-likeness (QED) is 0.815. The van der Waals surface area contributed by atoms with Crippen molar-refractivity contribution in [2.24, 2.45) is 13.0 Å². The van der Waals surface area contributed by atoms with Gasteiger partial charge in [-0.25, -0.2) is 0 Å². The van der Waals surface area contributed by atoms with Crippen LogP contribution in [0.4, 0.5) is 5.69 Å². The van der Waals surface area contributed by atoms with Gasteiger partial charge in [-0.1, -0.05) is 12.0 Å². The second-order valence-corrected chi connectivity index (χ2v) is 6.39. The lowest BCUT2D eigenvalue weighted by atomic mass is 10.1. The van der Waals surface area contributed by atoms with Gasteiger partial charge in [0.2, 0.25) is 5.91 Å². The highest BCUT2D eigenvalue weighted by atomic mass is 16.2. The second kappa shape index (κ2) is 5.92. The molecule has 3 rings (SSSR count). The molecule has 1 aromatic carbocycles. The Balaban J connectivity index is 1.82. The first kappa shape index (κ1) is 15.4. The van der Waals surface area contributed by atoms with Crippen LogP contribution in [0.2, 0.25) is 0 Å². The molecule has 0 spiro atoms. The van der Waals surface area contributed by atoms with Crippen LogP contribution in [0.25, 0.3) is 0 Å². The molecule has 0 radical (unpaired) electrons. The van der Waals surface area contributed by atoms with Crippen LogP contribution in [-0.2, 0) is 11.8 Å². The Hall–Kier alpha value is -2.54. The summed E-state index contributed by atoms with van der Waals surface area (Å²) in [6, 6.07) is 7.71. The third-order valence-electron chi connectivity index (χ3n) is 4.31. The third-order valence-corrected chi connectivity index (χ3v) is 4.31. The van der Waals surface area contributed by atoms with Crippen molar-refractivity contribution >= 4 is 11.6 Å². The normalized spacial score (nSPS) is 19.4. The van der Waals surface area contributed by atoms with E-state index in [2.05, 4.69) is 11.0 Å². The Morgan fingerprint density at radius 2 is 2.26 bits per heavy atom. The number of benzene rings is 1. The molecule has 0 saturated heterocycles. The third kappa shape index (κ3) is 3.00. The molecule has 1 fully saturated rings. The molecular formula is C19H21N3O. The van der Waals surface area contributed by atoms with E-state index < -0.39 is 0 Å². The SMILES string of the molecule is C#Cc1cccc(N(C(=O)[C@H]2C[C@H]2c2cnn(C)c2)C(C)C)c1. The van der Waals surface area contributed by atoms with Crippen molar-refractivity contribution in [1.82, 2.24) is 9.78 Å². The minimum Gasteiger partial charge on any atom is -0.310 e. The second-order valence-electron chi connectivity index (χ2n) is 6.39. The summed E-state index contributed by atoms with van der Waals surface area (Å²) in [4.78, 5) is 14.8. The largest absolute Gasteiger partial charge is 0.310 e. The monoisotopic (exact) mass is 307 g/mol. The molecule has 0 N–H and O–H groups in total. The van der Waals surface area contributed by atoms with Gasteiger partial charge in [-0.2, -0.15) is 5.10 Å². The van der Waals surface area contributed by atoms with Crippen LogP contribution in [0.1, 0.15) is 37.3 Å². The lowest BCUT2D eigenvalue weighted by Gasteiger charge is -2.27. The highest BCUT2D eigenvalue weighted by molar-refractivity contribution is 5.98. The van der Waals surface area contributed by atoms with E-state index in [0.717, 1.165) is 23.2 Å². The molecule has 1 saturated carbocycles. The van der Waals surface area contributed by atoms with E-state index in [1.165, 1.54) is 0 Å². The van der Waals surface area contributed by atoms with Gasteiger partial charge in [0.05, 0.1) is 6.20 Å². The van der Waals surface area contributed by atoms with Gasteiger partial charge in [0.15, 0.2) is 0 Å². The summed E-state index contributed by atoms with van der Waals surface area (Å²) >= 11 is 0. The first-order valence-corrected chi connectivity index (χ1v) is 7.89. The Bertz CT molecular complexity index is 769. The maximum absolute atomic E-state index is 13.0. The van der Waals surface area contributed by atoms with E-state index in [-0.39, 0.29) is 23.8 Å². The van der Waals surface area contributed by atoms with Gasteiger partial charge in [-0.05, 0) is 49.9 Å². The van der Waals surface area contributed by atoms with Crippen molar-refractivity contribution < 1.29 is 4.79 Å². The predicted octanol–water partition coefficient (Wildman–Crippen LogP) is 2.95. The molecule has 1 aliphatic carbocycles. The molecule has 0 aliphatic heterocycles. The minimum atomic E-state index is 0.0380. The number of carbonyl (C=O) groups is 1. The first-order valence-electron chi connectivity index (χ1n) is 7.89. The Morgan fingerprint density at radius 3 is 2.87 bits per heavy atom. The number of aromatic nitrogens is 2. The molecule has 2 aromatic rings. The maximum atomic E-state index is 13.0. The smallest absolute Gasteiger partial charge is 0.230 e. The van der Waals surface area contributed by atoms with Gasteiger partial charge < -0.3 is 4.90 Å². The van der Waals surface area contributed by atoms with E-state index in [4.69, 9.17) is 6.42 Å². The predicted molar refractivity (Wildman–Crippen MR) is 91.1 cm³/mol. The summed E-state index contributed by atoms with van der Waals surface area (Å²) in [6.07, 6.45) is 10.2. The molecule has 1 aromatic heterocycles. The van der Waals surface area contributed by atoms with Gasteiger partial charge in [0.1, 0.15) is 0 Å². The molecule has 1 amide bonds. The fraction of sp³-hybridized carbons (Fsp3) is 0.368. The van der Waals surface area contributed by atoms with Crippen molar-refractivity contribution in [1.29, 1.82) is 0 Å². The number of nitrogens with zero attached hydrogens (tertiary/aromatic N) is 3. The van der Waals surface area contributed by atoms with Crippen LogP contribution in [0.5, 0.6) is 0 Å². The topological polar surface area (TPSA) is 38.1 Å². The first-order chi connectivity index (χ1) is 11.0. The van der Waals surface area contributed by atoms with Crippen LogP contribution in [0.15, 0.2) is 36.7 Å². The fourth-order valence-electron chi connectivity index (χ4n) is 3.07. The number of aryl methyl sites for hydroxylation is 1. The summed E-state index contributed by atoms with van der Waals surface area (Å²) in [5.74, 6) is 3.13. The number of anilines is 1. The average molecular weight is 307 g/mol. The summed E-state index contributed by atoms with van der Waals surface area (Å²) in [7, 11) is 1.90. The Kier molecular flexibility index (Phi) is 3.96. The Morgan fingerprint density at radius 1 is 1.48 bits per heavy atom. The molecule has 4 heteroatoms. The van der Waals surface area contributed by atoms with Crippen LogP contribution in [-0.4, -0.2) is 21.7 Å². The van der Waals surface area contributed by atoms with Crippen LogP contribution < -0.4 is 4.90 Å². The molecule has 1 heterocycles. The van der Waals surface area contributed by atoms with E-state index in [0.29, 0.717) is 0 Å². The minimum absolute atomic E-state index is 0.0380. The lowest BCUT2D eigenvalue weighted by molar-refractivity contribution is -0.120. The zero-order valence-corrected chi connectivity index (χ0v) is 13.7. The van der Waals surface area contributed by atoms with Crippen molar-refractivity contribution in [3.63, 3.8) is 0 Å². The molecule has 2 atom stereocenters. The molecule has 0 bridgehead atoms. The van der Waals surface area contributed by atoms with Gasteiger partial charge in [0, 0.05) is 36.5 Å². The molecule has 0 unspecified atom stereocenters. The van der Waals surface area contributed by atoms with E-state index in [9.17, 15) is 4.79 Å². The van der Waals surface area contributed by atoms with Gasteiger partial charge in [-0.3, -0.25) is 9.48 Å². The highest BCUT2D eigenvalue weighted by Gasteiger charge is 2.47. The van der Waals surface area contributed by atoms with Crippen molar-refractivity contribution in [2.45, 2.75) is 32.2 Å². The van der Waals surface area contributed by atoms with Gasteiger partial charge >= 0.3 is 0 Å². The summed E-state index contributed by atoms with van der Waals surface area (Å²) in [6.45, 7) is 4.06. The van der Waals surface area contributed by atoms with E-state index in [1.54, 1.807) is 4.68 Å². The number of hydrogen-bond acceptors (Lipinski definition) is 2. The molecule has 1 aliphatic rings. The fourth-order valence-corrected chi connectivity index (χ4v) is 3.07. The van der Waals surface area contributed by atoms with Crippen molar-refractivity contribution in [3.05, 3.63) is 47.8 Å². The molecular weight excluding hydrogens is 286 g/mol. The lowest BCUT2D eigenvalue weighted by Crippen LogP contribution is -2.38. The Labute approximate surface area is 137 Å². The van der Waals surface area contributed by atoms with Crippen LogP contribution >= 0.6 is 0 Å². The number of terminal acetylenes is 1. The summed E-state index contributed by atoms with van der Waals surface area (Å²) in [5, 5.41) is 4.20. The van der Waals surface area contributed by atoms with E-state index >= 15 is 0 Å². The van der Waals surface area contributed by atoms with Crippen molar-refractivity contribution in [3.8, 4) is 12.3 Å². The van der Waals surface area contributed by atoms with Crippen LogP contribution in [0, 0.1) is 18.3 Å². The van der Waals surface area contributed by atoms with E-state index in [1.807, 2.05) is 62.5 Å². The molecule has 23 heavy (non-hydrogen) atoms. The average Bonchev–Trinajstić information content (AvgIpc) is 3.22. The molecule has 118 valence electrons.